The molecule has 0 spiro atoms. The molecule has 1 aromatic heterocycles. The van der Waals surface area contributed by atoms with Crippen LogP contribution in [0.2, 0.25) is 0 Å². The molecule has 0 aliphatic carbocycles. The van der Waals surface area contributed by atoms with E-state index in [1.807, 2.05) is 0 Å². The van der Waals surface area contributed by atoms with E-state index in [-0.39, 0.29) is 70.1 Å². The lowest BCUT2D eigenvalue weighted by Gasteiger charge is -2.06. The highest BCUT2D eigenvalue weighted by molar-refractivity contribution is 5.88. The quantitative estimate of drug-likeness (QED) is 0.317. The van der Waals surface area contributed by atoms with E-state index in [1.165, 1.54) is 31.4 Å². The third-order valence-corrected chi connectivity index (χ3v) is 3.37. The number of aromatic hydroxyl groups is 5. The Balaban J connectivity index is 0.00000156. The second-order valence-corrected chi connectivity index (χ2v) is 4.88. The van der Waals surface area contributed by atoms with Gasteiger partial charge in [-0.15, -0.1) is 12.4 Å². The summed E-state index contributed by atoms with van der Waals surface area (Å²) in [7, 11) is 1.31. The van der Waals surface area contributed by atoms with Crippen LogP contribution in [0, 0.1) is 0 Å². The van der Waals surface area contributed by atoms with Gasteiger partial charge in [0.2, 0.25) is 11.5 Å². The van der Waals surface area contributed by atoms with Gasteiger partial charge in [-0.05, 0) is 0 Å². The Morgan fingerprint density at radius 2 is 1.52 bits per heavy atom. The number of rotatable bonds is 2. The maximum atomic E-state index is 10.1. The van der Waals surface area contributed by atoms with Gasteiger partial charge in [-0.2, -0.15) is 0 Å². The van der Waals surface area contributed by atoms with E-state index < -0.39 is 11.5 Å². The highest BCUT2D eigenvalue weighted by Gasteiger charge is 2.26. The summed E-state index contributed by atoms with van der Waals surface area (Å²) in [5.41, 5.74) is 0.362. The SMILES string of the molecule is COc1cc(-c2[o+]c3cc(O)cc(O)c3cc2O)cc(O)c1O.Cl.[Cl-]. The van der Waals surface area contributed by atoms with Gasteiger partial charge in [0.15, 0.2) is 11.5 Å². The zero-order valence-corrected chi connectivity index (χ0v) is 14.3. The van der Waals surface area contributed by atoms with Crippen LogP contribution in [0.4, 0.5) is 0 Å². The molecular weight excluding hydrogens is 375 g/mol. The average molecular weight is 389 g/mol. The van der Waals surface area contributed by atoms with E-state index in [2.05, 4.69) is 0 Å². The van der Waals surface area contributed by atoms with Crippen molar-refractivity contribution in [2.24, 2.45) is 0 Å². The molecule has 7 nitrogen and oxygen atoms in total. The van der Waals surface area contributed by atoms with Crippen LogP contribution in [0.5, 0.6) is 34.5 Å². The Hall–Kier alpha value is -2.77. The molecule has 3 aromatic rings. The molecule has 0 aliphatic rings. The fourth-order valence-corrected chi connectivity index (χ4v) is 2.28. The Kier molecular flexibility index (Phi) is 6.01. The van der Waals surface area contributed by atoms with Crippen LogP contribution >= 0.6 is 12.4 Å². The second-order valence-electron chi connectivity index (χ2n) is 4.88. The Labute approximate surface area is 154 Å². The molecule has 9 heteroatoms. The predicted molar refractivity (Wildman–Crippen MR) is 88.2 cm³/mol. The number of fused-ring (bicyclic) bond motifs is 1. The van der Waals surface area contributed by atoms with E-state index in [0.717, 1.165) is 6.07 Å². The standard InChI is InChI=1S/C16H12O7.2ClH/c1-22-14-3-7(2-11(19)15(14)21)16-12(20)6-9-10(18)4-8(17)5-13(9)23-16;;/h2-6H,1H3,(H4-,17,18,19,20,21);2*1H. The van der Waals surface area contributed by atoms with Gasteiger partial charge in [0, 0.05) is 24.3 Å². The number of hydrogen-bond donors (Lipinski definition) is 5. The minimum atomic E-state index is -0.451. The summed E-state index contributed by atoms with van der Waals surface area (Å²) in [6.07, 6.45) is 0. The number of phenolic OH excluding ortho intramolecular Hbond substituents is 4. The van der Waals surface area contributed by atoms with Crippen molar-refractivity contribution < 1.29 is 47.1 Å². The highest BCUT2D eigenvalue weighted by Crippen LogP contribution is 2.43. The van der Waals surface area contributed by atoms with Crippen LogP contribution in [0.3, 0.4) is 0 Å². The van der Waals surface area contributed by atoms with Gasteiger partial charge >= 0.3 is 11.3 Å². The lowest BCUT2D eigenvalue weighted by atomic mass is 10.1. The molecular formula is C16H14Cl2O7. The molecule has 0 saturated carbocycles. The molecule has 0 saturated heterocycles. The molecule has 0 aliphatic heterocycles. The number of methoxy groups -OCH3 is 1. The first-order valence-corrected chi connectivity index (χ1v) is 6.53. The molecule has 0 bridgehead atoms. The molecule has 0 unspecified atom stereocenters. The molecule has 134 valence electrons. The molecule has 3 rings (SSSR count). The van der Waals surface area contributed by atoms with Gasteiger partial charge in [-0.1, -0.05) is 0 Å². The number of halogens is 2. The van der Waals surface area contributed by atoms with Crippen molar-refractivity contribution in [3.8, 4) is 45.8 Å². The maximum Gasteiger partial charge on any atom is 0.402 e. The average Bonchev–Trinajstić information content (AvgIpc) is 2.50. The lowest BCUT2D eigenvalue weighted by molar-refractivity contribution is -0.0000102. The zero-order chi connectivity index (χ0) is 16.7. The van der Waals surface area contributed by atoms with E-state index in [0.29, 0.717) is 0 Å². The fraction of sp³-hybridized carbons (Fsp3) is 0.0625. The fourth-order valence-electron chi connectivity index (χ4n) is 2.28. The molecule has 0 fully saturated rings. The molecule has 25 heavy (non-hydrogen) atoms. The molecule has 0 amide bonds. The summed E-state index contributed by atoms with van der Waals surface area (Å²) in [4.78, 5) is 0. The molecule has 0 radical (unpaired) electrons. The minimum absolute atomic E-state index is 0. The van der Waals surface area contributed by atoms with E-state index in [9.17, 15) is 25.5 Å². The van der Waals surface area contributed by atoms with Gasteiger partial charge in [-0.3, -0.25) is 0 Å². The van der Waals surface area contributed by atoms with E-state index in [1.54, 1.807) is 0 Å². The number of phenols is 4. The summed E-state index contributed by atoms with van der Waals surface area (Å²) in [5.74, 6) is -1.69. The lowest BCUT2D eigenvalue weighted by Crippen LogP contribution is -3.00. The summed E-state index contributed by atoms with van der Waals surface area (Å²) in [5, 5.41) is 49.0. The summed E-state index contributed by atoms with van der Waals surface area (Å²) in [6, 6.07) is 6.20. The van der Waals surface area contributed by atoms with Crippen LogP contribution in [-0.2, 0) is 0 Å². The third kappa shape index (κ3) is 3.52. The van der Waals surface area contributed by atoms with Crippen LogP contribution in [0.1, 0.15) is 0 Å². The summed E-state index contributed by atoms with van der Waals surface area (Å²) < 4.78 is 10.5. The first-order valence-electron chi connectivity index (χ1n) is 6.53. The summed E-state index contributed by atoms with van der Waals surface area (Å²) in [6.45, 7) is 0. The van der Waals surface area contributed by atoms with Crippen molar-refractivity contribution in [1.29, 1.82) is 0 Å². The van der Waals surface area contributed by atoms with E-state index >= 15 is 0 Å². The van der Waals surface area contributed by atoms with Gasteiger partial charge in [0.25, 0.3) is 0 Å². The Morgan fingerprint density at radius 1 is 0.840 bits per heavy atom. The van der Waals surface area contributed by atoms with E-state index in [4.69, 9.17) is 9.15 Å². The van der Waals surface area contributed by atoms with Gasteiger partial charge in [-0.25, -0.2) is 4.42 Å². The molecule has 1 heterocycles. The summed E-state index contributed by atoms with van der Waals surface area (Å²) >= 11 is 0. The number of hydrogen-bond acceptors (Lipinski definition) is 6. The molecule has 5 N–H and O–H groups in total. The van der Waals surface area contributed by atoms with Crippen LogP contribution in [-0.4, -0.2) is 32.6 Å². The topological polar surface area (TPSA) is 122 Å². The van der Waals surface area contributed by atoms with Crippen molar-refractivity contribution in [3.05, 3.63) is 30.3 Å². The highest BCUT2D eigenvalue weighted by atomic mass is 35.5. The van der Waals surface area contributed by atoms with Crippen LogP contribution < -0.4 is 17.1 Å². The number of ether oxygens (including phenoxy) is 1. The van der Waals surface area contributed by atoms with Crippen LogP contribution in [0.25, 0.3) is 22.3 Å². The Bertz CT molecular complexity index is 928. The smallest absolute Gasteiger partial charge is 0.402 e. The van der Waals surface area contributed by atoms with Crippen LogP contribution in [0.15, 0.2) is 34.7 Å². The minimum Gasteiger partial charge on any atom is -1.00 e. The van der Waals surface area contributed by atoms with Gasteiger partial charge in [0.1, 0.15) is 16.9 Å². The monoisotopic (exact) mass is 388 g/mol. The third-order valence-electron chi connectivity index (χ3n) is 3.37. The van der Waals surface area contributed by atoms with Crippen molar-refractivity contribution in [2.45, 2.75) is 0 Å². The normalized spacial score (nSPS) is 9.96. The van der Waals surface area contributed by atoms with Gasteiger partial charge in [0.05, 0.1) is 18.7 Å². The first kappa shape index (κ1) is 20.3. The largest absolute Gasteiger partial charge is 1.00 e. The van der Waals surface area contributed by atoms with Crippen molar-refractivity contribution in [3.63, 3.8) is 0 Å². The van der Waals surface area contributed by atoms with Crippen molar-refractivity contribution in [1.82, 2.24) is 0 Å². The molecule has 0 atom stereocenters. The second kappa shape index (κ2) is 7.42. The molecule has 2 aromatic carbocycles. The predicted octanol–water partition coefficient (Wildman–Crippen LogP) is 0.343. The zero-order valence-electron chi connectivity index (χ0n) is 12.7. The maximum absolute atomic E-state index is 10.1. The first-order chi connectivity index (χ1) is 10.9. The van der Waals surface area contributed by atoms with Crippen molar-refractivity contribution in [2.75, 3.05) is 7.11 Å². The Morgan fingerprint density at radius 3 is 2.16 bits per heavy atom. The van der Waals surface area contributed by atoms with Gasteiger partial charge < -0.3 is 42.7 Å². The van der Waals surface area contributed by atoms with Crippen molar-refractivity contribution >= 4 is 23.4 Å². The number of benzene rings is 2.